The first-order valence-corrected chi connectivity index (χ1v) is 12.4. The first-order valence-electron chi connectivity index (χ1n) is 9.63. The van der Waals surface area contributed by atoms with Crippen LogP contribution in [0.25, 0.3) is 11.6 Å². The number of benzene rings is 1. The third-order valence-electron chi connectivity index (χ3n) is 4.71. The van der Waals surface area contributed by atoms with Crippen LogP contribution in [0.15, 0.2) is 51.1 Å². The molecule has 3 aromatic rings. The zero-order chi connectivity index (χ0) is 21.8. The van der Waals surface area contributed by atoms with Gasteiger partial charge in [0, 0.05) is 25.0 Å². The van der Waals surface area contributed by atoms with Crippen molar-refractivity contribution in [2.45, 2.75) is 29.4 Å². The average molecular weight is 482 g/mol. The molecule has 1 aliphatic rings. The van der Waals surface area contributed by atoms with Crippen LogP contribution in [0.3, 0.4) is 0 Å². The zero-order valence-electron chi connectivity index (χ0n) is 16.4. The van der Waals surface area contributed by atoms with Gasteiger partial charge in [-0.3, -0.25) is 4.79 Å². The number of halogens is 1. The normalized spacial score (nSPS) is 15.1. The van der Waals surface area contributed by atoms with Crippen LogP contribution < -0.4 is 5.32 Å². The quantitative estimate of drug-likeness (QED) is 0.494. The highest BCUT2D eigenvalue weighted by Crippen LogP contribution is 2.29. The number of hydrogen-bond acceptors (Lipinski definition) is 7. The van der Waals surface area contributed by atoms with Gasteiger partial charge in [-0.15, -0.1) is 10.2 Å². The highest BCUT2D eigenvalue weighted by atomic mass is 35.5. The molecule has 2 N–H and O–H groups in total. The molecular weight excluding hydrogens is 462 g/mol. The largest absolute Gasteiger partial charge is 0.410 e. The van der Waals surface area contributed by atoms with Crippen molar-refractivity contribution in [1.29, 1.82) is 0 Å². The molecule has 1 aliphatic heterocycles. The van der Waals surface area contributed by atoms with Gasteiger partial charge in [0.2, 0.25) is 15.9 Å². The number of nitrogens with zero attached hydrogens (tertiary/aromatic N) is 3. The van der Waals surface area contributed by atoms with Crippen molar-refractivity contribution in [1.82, 2.24) is 19.5 Å². The molecule has 1 amide bonds. The molecule has 1 saturated heterocycles. The van der Waals surface area contributed by atoms with Gasteiger partial charge in [0.25, 0.3) is 11.1 Å². The van der Waals surface area contributed by atoms with Gasteiger partial charge >= 0.3 is 0 Å². The van der Waals surface area contributed by atoms with Crippen LogP contribution in [-0.4, -0.2) is 52.7 Å². The summed E-state index contributed by atoms with van der Waals surface area (Å²) < 4.78 is 32.8. The summed E-state index contributed by atoms with van der Waals surface area (Å²) in [5.41, 5.74) is 1.04. The molecule has 0 aliphatic carbocycles. The van der Waals surface area contributed by atoms with E-state index in [0.717, 1.165) is 31.0 Å². The van der Waals surface area contributed by atoms with Crippen LogP contribution in [-0.2, 0) is 14.8 Å². The summed E-state index contributed by atoms with van der Waals surface area (Å²) >= 11 is 7.25. The van der Waals surface area contributed by atoms with Crippen molar-refractivity contribution in [3.8, 4) is 11.6 Å². The molecule has 0 atom stereocenters. The third kappa shape index (κ3) is 5.12. The SMILES string of the molecule is O=C(CSc1nnc(-c2ccc[nH]2)o1)Nc1ccc(Cl)c(S(=O)(=O)N2CCCCC2)c1. The van der Waals surface area contributed by atoms with Crippen LogP contribution in [0, 0.1) is 0 Å². The van der Waals surface area contributed by atoms with Gasteiger partial charge in [0.05, 0.1) is 10.8 Å². The number of sulfonamides is 1. The Bertz CT molecular complexity index is 1160. The van der Waals surface area contributed by atoms with Crippen molar-refractivity contribution in [3.05, 3.63) is 41.6 Å². The minimum atomic E-state index is -3.72. The van der Waals surface area contributed by atoms with Crippen LogP contribution in [0.1, 0.15) is 19.3 Å². The summed E-state index contributed by atoms with van der Waals surface area (Å²) in [5.74, 6) is 0.00913. The van der Waals surface area contributed by atoms with Gasteiger partial charge in [0.1, 0.15) is 10.6 Å². The molecule has 0 unspecified atom stereocenters. The number of thioether (sulfide) groups is 1. The summed E-state index contributed by atoms with van der Waals surface area (Å²) in [4.78, 5) is 15.3. The first kappa shape index (κ1) is 21.9. The fourth-order valence-electron chi connectivity index (χ4n) is 3.19. The smallest absolute Gasteiger partial charge is 0.277 e. The molecule has 0 spiro atoms. The van der Waals surface area contributed by atoms with E-state index in [2.05, 4.69) is 20.5 Å². The number of nitrogens with one attached hydrogen (secondary N) is 2. The van der Waals surface area contributed by atoms with Crippen molar-refractivity contribution >= 4 is 45.0 Å². The number of amides is 1. The molecule has 9 nitrogen and oxygen atoms in total. The predicted octanol–water partition coefficient (Wildman–Crippen LogP) is 3.62. The lowest BCUT2D eigenvalue weighted by Gasteiger charge is -2.26. The van der Waals surface area contributed by atoms with Gasteiger partial charge < -0.3 is 14.7 Å². The number of aromatic amines is 1. The number of H-pyrrole nitrogens is 1. The second-order valence-corrected chi connectivity index (χ2v) is 10.1. The molecule has 2 aromatic heterocycles. The van der Waals surface area contributed by atoms with Gasteiger partial charge in [-0.05, 0) is 43.2 Å². The highest BCUT2D eigenvalue weighted by molar-refractivity contribution is 7.99. The summed E-state index contributed by atoms with van der Waals surface area (Å²) in [6, 6.07) is 8.04. The Balaban J connectivity index is 1.40. The molecule has 31 heavy (non-hydrogen) atoms. The maximum atomic E-state index is 13.0. The van der Waals surface area contributed by atoms with Crippen LogP contribution in [0.2, 0.25) is 5.02 Å². The van der Waals surface area contributed by atoms with Crippen molar-refractivity contribution < 1.29 is 17.6 Å². The third-order valence-corrected chi connectivity index (χ3v) is 7.91. The predicted molar refractivity (Wildman–Crippen MR) is 118 cm³/mol. The number of anilines is 1. The van der Waals surface area contributed by atoms with Crippen LogP contribution in [0.4, 0.5) is 5.69 Å². The van der Waals surface area contributed by atoms with E-state index in [0.29, 0.717) is 30.4 Å². The summed E-state index contributed by atoms with van der Waals surface area (Å²) in [6.45, 7) is 0.946. The molecule has 0 saturated carbocycles. The fourth-order valence-corrected chi connectivity index (χ4v) is 5.77. The molecule has 1 fully saturated rings. The van der Waals surface area contributed by atoms with Gasteiger partial charge in [-0.1, -0.05) is 29.8 Å². The lowest BCUT2D eigenvalue weighted by atomic mass is 10.2. The highest BCUT2D eigenvalue weighted by Gasteiger charge is 2.28. The summed E-state index contributed by atoms with van der Waals surface area (Å²) in [5, 5.41) is 10.9. The van der Waals surface area contributed by atoms with Crippen LogP contribution >= 0.6 is 23.4 Å². The van der Waals surface area contributed by atoms with E-state index in [-0.39, 0.29) is 26.8 Å². The standard InChI is InChI=1S/C19H20ClN5O4S2/c20-14-7-6-13(11-16(14)31(27,28)25-9-2-1-3-10-25)22-17(26)12-30-19-24-23-18(29-19)15-5-4-8-21-15/h4-8,11,21H,1-3,9-10,12H2,(H,22,26). The maximum Gasteiger partial charge on any atom is 0.277 e. The van der Waals surface area contributed by atoms with Gasteiger partial charge in [-0.2, -0.15) is 4.31 Å². The average Bonchev–Trinajstić information content (AvgIpc) is 3.46. The molecule has 164 valence electrons. The zero-order valence-corrected chi connectivity index (χ0v) is 18.8. The number of rotatable bonds is 7. The van der Waals surface area contributed by atoms with Gasteiger partial charge in [0.15, 0.2) is 0 Å². The molecule has 0 radical (unpaired) electrons. The molecule has 1 aromatic carbocycles. The Morgan fingerprint density at radius 1 is 1.23 bits per heavy atom. The number of aromatic nitrogens is 3. The molecular formula is C19H20ClN5O4S2. The minimum absolute atomic E-state index is 0.00555. The Morgan fingerprint density at radius 3 is 2.77 bits per heavy atom. The Hall–Kier alpha value is -2.34. The van der Waals surface area contributed by atoms with E-state index in [1.807, 2.05) is 6.07 Å². The molecule has 4 rings (SSSR count). The minimum Gasteiger partial charge on any atom is -0.410 e. The topological polar surface area (TPSA) is 121 Å². The maximum absolute atomic E-state index is 13.0. The van der Waals surface area contributed by atoms with E-state index in [1.165, 1.54) is 16.4 Å². The summed E-state index contributed by atoms with van der Waals surface area (Å²) in [7, 11) is -3.72. The van der Waals surface area contributed by atoms with E-state index in [9.17, 15) is 13.2 Å². The second kappa shape index (κ2) is 9.43. The number of carbonyl (C=O) groups excluding carboxylic acids is 1. The van der Waals surface area contributed by atoms with Crippen molar-refractivity contribution in [2.75, 3.05) is 24.2 Å². The second-order valence-electron chi connectivity index (χ2n) is 6.90. The summed E-state index contributed by atoms with van der Waals surface area (Å²) in [6.07, 6.45) is 4.41. The van der Waals surface area contributed by atoms with E-state index in [1.54, 1.807) is 18.3 Å². The Morgan fingerprint density at radius 2 is 2.03 bits per heavy atom. The number of hydrogen-bond donors (Lipinski definition) is 2. The number of piperidine rings is 1. The molecule has 12 heteroatoms. The lowest BCUT2D eigenvalue weighted by molar-refractivity contribution is -0.113. The van der Waals surface area contributed by atoms with Crippen molar-refractivity contribution in [2.24, 2.45) is 0 Å². The van der Waals surface area contributed by atoms with E-state index < -0.39 is 10.0 Å². The number of carbonyl (C=O) groups is 1. The van der Waals surface area contributed by atoms with Gasteiger partial charge in [-0.25, -0.2) is 8.42 Å². The Labute approximate surface area is 188 Å². The van der Waals surface area contributed by atoms with Crippen molar-refractivity contribution in [3.63, 3.8) is 0 Å². The Kier molecular flexibility index (Phi) is 6.65. The molecule has 3 heterocycles. The first-order chi connectivity index (χ1) is 14.9. The van der Waals surface area contributed by atoms with E-state index >= 15 is 0 Å². The monoisotopic (exact) mass is 481 g/mol. The lowest BCUT2D eigenvalue weighted by Crippen LogP contribution is -2.35. The van der Waals surface area contributed by atoms with E-state index in [4.69, 9.17) is 16.0 Å². The van der Waals surface area contributed by atoms with Crippen LogP contribution in [0.5, 0.6) is 0 Å². The fraction of sp³-hybridized carbons (Fsp3) is 0.316. The molecule has 0 bridgehead atoms.